The Morgan fingerprint density at radius 2 is 1.38 bits per heavy atom. The van der Waals surface area contributed by atoms with Crippen LogP contribution in [-0.4, -0.2) is 37.0 Å². The van der Waals surface area contributed by atoms with Gasteiger partial charge in [0.2, 0.25) is 6.29 Å². The van der Waals surface area contributed by atoms with E-state index >= 15 is 0 Å². The molecule has 2 unspecified atom stereocenters. The standard InChI is InChI=1S/C24H29O9P/c1-16-17(2)23(29-19(4)26)24(30-22(16)15-28-18(3)25)33-34(27,31-20-11-7-5-8-12-20)32-21-13-9-6-10-14-21/h5-14,16-17,22-24H,15H2,1-4H3/t16-,17-,22?,23?,24+/m0/s1. The second kappa shape index (κ2) is 11.5. The molecule has 1 fully saturated rings. The fraction of sp³-hybridized carbons (Fsp3) is 0.417. The number of hydrogen-bond donors (Lipinski definition) is 0. The van der Waals surface area contributed by atoms with Gasteiger partial charge in [-0.1, -0.05) is 50.2 Å². The van der Waals surface area contributed by atoms with E-state index in [1.54, 1.807) is 60.7 Å². The Labute approximate surface area is 198 Å². The summed E-state index contributed by atoms with van der Waals surface area (Å²) in [5.74, 6) is -0.979. The molecule has 34 heavy (non-hydrogen) atoms. The van der Waals surface area contributed by atoms with Crippen molar-refractivity contribution >= 4 is 19.8 Å². The highest BCUT2D eigenvalue weighted by molar-refractivity contribution is 7.49. The molecular weight excluding hydrogens is 463 g/mol. The third-order valence-electron chi connectivity index (χ3n) is 5.42. The van der Waals surface area contributed by atoms with Crippen molar-refractivity contribution in [2.75, 3.05) is 6.61 Å². The normalized spacial score (nSPS) is 24.6. The second-order valence-corrected chi connectivity index (χ2v) is 9.47. The maximum absolute atomic E-state index is 13.8. The van der Waals surface area contributed by atoms with Gasteiger partial charge in [0, 0.05) is 19.8 Å². The molecule has 0 aromatic heterocycles. The third kappa shape index (κ3) is 7.06. The molecule has 0 saturated carbocycles. The summed E-state index contributed by atoms with van der Waals surface area (Å²) >= 11 is 0. The predicted molar refractivity (Wildman–Crippen MR) is 122 cm³/mol. The van der Waals surface area contributed by atoms with Crippen LogP contribution < -0.4 is 9.05 Å². The van der Waals surface area contributed by atoms with E-state index in [1.165, 1.54) is 13.8 Å². The lowest BCUT2D eigenvalue weighted by Gasteiger charge is -2.43. The van der Waals surface area contributed by atoms with E-state index in [9.17, 15) is 14.2 Å². The van der Waals surface area contributed by atoms with Crippen LogP contribution in [-0.2, 0) is 32.9 Å². The van der Waals surface area contributed by atoms with Gasteiger partial charge in [0.25, 0.3) is 0 Å². The molecule has 5 atom stereocenters. The number of ether oxygens (including phenoxy) is 3. The largest absolute Gasteiger partial charge is 0.590 e. The molecule has 1 heterocycles. The zero-order chi connectivity index (χ0) is 24.7. The summed E-state index contributed by atoms with van der Waals surface area (Å²) in [6, 6.07) is 16.8. The first-order valence-electron chi connectivity index (χ1n) is 10.9. The molecule has 184 valence electrons. The van der Waals surface area contributed by atoms with Gasteiger partial charge >= 0.3 is 19.8 Å². The molecule has 2 aromatic rings. The molecule has 1 aliphatic heterocycles. The maximum Gasteiger partial charge on any atom is 0.590 e. The van der Waals surface area contributed by atoms with Crippen molar-refractivity contribution < 1.29 is 41.9 Å². The molecule has 0 amide bonds. The Hall–Kier alpha value is -2.87. The van der Waals surface area contributed by atoms with Crippen LogP contribution in [0.1, 0.15) is 27.7 Å². The van der Waals surface area contributed by atoms with Crippen molar-refractivity contribution in [3.63, 3.8) is 0 Å². The predicted octanol–water partition coefficient (Wildman–Crippen LogP) is 4.76. The molecule has 3 rings (SSSR count). The average molecular weight is 492 g/mol. The number of carbonyl (C=O) groups excluding carboxylic acids is 2. The van der Waals surface area contributed by atoms with Crippen molar-refractivity contribution in [1.29, 1.82) is 0 Å². The number of phosphoric acid groups is 1. The highest BCUT2D eigenvalue weighted by Crippen LogP contribution is 2.52. The number of esters is 2. The Balaban J connectivity index is 1.91. The van der Waals surface area contributed by atoms with Gasteiger partial charge in [0.15, 0.2) is 6.10 Å². The molecule has 1 saturated heterocycles. The van der Waals surface area contributed by atoms with E-state index in [0.29, 0.717) is 0 Å². The average Bonchev–Trinajstić information content (AvgIpc) is 2.78. The number of benzene rings is 2. The Bertz CT molecular complexity index is 951. The van der Waals surface area contributed by atoms with Crippen molar-refractivity contribution in [2.45, 2.75) is 46.2 Å². The van der Waals surface area contributed by atoms with Crippen LogP contribution in [0.5, 0.6) is 11.5 Å². The number of carbonyl (C=O) groups is 2. The van der Waals surface area contributed by atoms with Crippen molar-refractivity contribution in [2.24, 2.45) is 11.8 Å². The summed E-state index contributed by atoms with van der Waals surface area (Å²) in [6.07, 6.45) is -2.82. The quantitative estimate of drug-likeness (QED) is 0.362. The highest BCUT2D eigenvalue weighted by atomic mass is 31.2. The summed E-state index contributed by atoms with van der Waals surface area (Å²) in [4.78, 5) is 23.2. The van der Waals surface area contributed by atoms with Crippen molar-refractivity contribution in [3.8, 4) is 11.5 Å². The van der Waals surface area contributed by atoms with Crippen LogP contribution >= 0.6 is 7.82 Å². The van der Waals surface area contributed by atoms with E-state index in [1.807, 2.05) is 13.8 Å². The highest BCUT2D eigenvalue weighted by Gasteiger charge is 2.49. The van der Waals surface area contributed by atoms with Crippen LogP contribution in [0.4, 0.5) is 0 Å². The van der Waals surface area contributed by atoms with Gasteiger partial charge in [-0.05, 0) is 30.2 Å². The molecule has 0 aliphatic carbocycles. The lowest BCUT2D eigenvalue weighted by Crippen LogP contribution is -2.53. The zero-order valence-corrected chi connectivity index (χ0v) is 20.4. The van der Waals surface area contributed by atoms with Gasteiger partial charge in [-0.2, -0.15) is 0 Å². The Morgan fingerprint density at radius 3 is 1.85 bits per heavy atom. The first-order valence-corrected chi connectivity index (χ1v) is 12.4. The third-order valence-corrected chi connectivity index (χ3v) is 6.75. The summed E-state index contributed by atoms with van der Waals surface area (Å²) in [5.41, 5.74) is 0. The fourth-order valence-corrected chi connectivity index (χ4v) is 4.81. The molecule has 0 spiro atoms. The monoisotopic (exact) mass is 492 g/mol. The molecule has 9 nitrogen and oxygen atoms in total. The van der Waals surface area contributed by atoms with E-state index in [2.05, 4.69) is 0 Å². The Kier molecular flexibility index (Phi) is 8.72. The first kappa shape index (κ1) is 25.7. The van der Waals surface area contributed by atoms with Gasteiger partial charge in [0.05, 0.1) is 6.10 Å². The molecule has 0 radical (unpaired) electrons. The van der Waals surface area contributed by atoms with Crippen LogP contribution in [0.2, 0.25) is 0 Å². The minimum atomic E-state index is -4.35. The van der Waals surface area contributed by atoms with Crippen LogP contribution in [0.15, 0.2) is 60.7 Å². The van der Waals surface area contributed by atoms with Crippen molar-refractivity contribution in [1.82, 2.24) is 0 Å². The summed E-state index contributed by atoms with van der Waals surface area (Å²) in [6.45, 7) is 6.24. The van der Waals surface area contributed by atoms with Gasteiger partial charge in [-0.3, -0.25) is 9.59 Å². The van der Waals surface area contributed by atoms with E-state index < -0.39 is 38.3 Å². The van der Waals surface area contributed by atoms with Crippen LogP contribution in [0.25, 0.3) is 0 Å². The van der Waals surface area contributed by atoms with Crippen LogP contribution in [0.3, 0.4) is 0 Å². The number of hydrogen-bond acceptors (Lipinski definition) is 9. The molecule has 10 heteroatoms. The van der Waals surface area contributed by atoms with E-state index in [-0.39, 0.29) is 29.9 Å². The Morgan fingerprint density at radius 1 is 0.853 bits per heavy atom. The van der Waals surface area contributed by atoms with Gasteiger partial charge in [0.1, 0.15) is 18.1 Å². The molecular formula is C24H29O9P. The minimum absolute atomic E-state index is 0.0448. The fourth-order valence-electron chi connectivity index (χ4n) is 3.50. The van der Waals surface area contributed by atoms with Crippen LogP contribution in [0, 0.1) is 11.8 Å². The van der Waals surface area contributed by atoms with Gasteiger partial charge in [-0.15, -0.1) is 0 Å². The minimum Gasteiger partial charge on any atom is -0.463 e. The smallest absolute Gasteiger partial charge is 0.463 e. The van der Waals surface area contributed by atoms with Crippen molar-refractivity contribution in [3.05, 3.63) is 60.7 Å². The molecule has 2 aromatic carbocycles. The van der Waals surface area contributed by atoms with Gasteiger partial charge < -0.3 is 23.3 Å². The first-order chi connectivity index (χ1) is 16.2. The summed E-state index contributed by atoms with van der Waals surface area (Å²) in [7, 11) is -4.35. The molecule has 0 bridgehead atoms. The number of phosphoric ester groups is 1. The zero-order valence-electron chi connectivity index (χ0n) is 19.5. The lowest BCUT2D eigenvalue weighted by molar-refractivity contribution is -0.256. The lowest BCUT2D eigenvalue weighted by atomic mass is 9.83. The SMILES string of the molecule is CC(=O)OCC1O[C@H](OP(=O)(Oc2ccccc2)Oc2ccccc2)C(OC(C)=O)[C@@H](C)[C@@H]1C. The number of para-hydroxylation sites is 2. The molecule has 1 aliphatic rings. The summed E-state index contributed by atoms with van der Waals surface area (Å²) in [5, 5.41) is 0. The topological polar surface area (TPSA) is 107 Å². The summed E-state index contributed by atoms with van der Waals surface area (Å²) < 4.78 is 47.6. The second-order valence-electron chi connectivity index (χ2n) is 8.00. The number of rotatable bonds is 9. The van der Waals surface area contributed by atoms with E-state index in [0.717, 1.165) is 0 Å². The maximum atomic E-state index is 13.8. The molecule has 0 N–H and O–H groups in total. The van der Waals surface area contributed by atoms with E-state index in [4.69, 9.17) is 27.8 Å². The van der Waals surface area contributed by atoms with Gasteiger partial charge in [-0.25, -0.2) is 9.09 Å².